The van der Waals surface area contributed by atoms with E-state index in [1.807, 2.05) is 43.3 Å². The lowest BCUT2D eigenvalue weighted by atomic mass is 10.1. The van der Waals surface area contributed by atoms with E-state index < -0.39 is 4.92 Å². The van der Waals surface area contributed by atoms with Crippen molar-refractivity contribution < 1.29 is 9.66 Å². The SMILES string of the molecule is COc1ccc(-c2ccc(C)cc2)nc1-c1cccc([N+](=O)[O-])c1. The Morgan fingerprint density at radius 3 is 2.42 bits per heavy atom. The van der Waals surface area contributed by atoms with Crippen molar-refractivity contribution >= 4 is 5.69 Å². The standard InChI is InChI=1S/C19H16N2O3/c1-13-6-8-14(9-7-13)17-10-11-18(24-2)19(20-17)15-4-3-5-16(12-15)21(22)23/h3-12H,1-2H3. The molecular formula is C19H16N2O3. The summed E-state index contributed by atoms with van der Waals surface area (Å²) in [5, 5.41) is 11.0. The fourth-order valence-corrected chi connectivity index (χ4v) is 2.47. The third-order valence-corrected chi connectivity index (χ3v) is 3.76. The van der Waals surface area contributed by atoms with E-state index >= 15 is 0 Å². The van der Waals surface area contributed by atoms with Crippen LogP contribution in [0.15, 0.2) is 60.7 Å². The molecule has 0 radical (unpaired) electrons. The van der Waals surface area contributed by atoms with Crippen molar-refractivity contribution in [2.45, 2.75) is 6.92 Å². The average Bonchev–Trinajstić information content (AvgIpc) is 2.62. The van der Waals surface area contributed by atoms with Gasteiger partial charge in [-0.2, -0.15) is 0 Å². The van der Waals surface area contributed by atoms with Gasteiger partial charge in [-0.25, -0.2) is 4.98 Å². The molecule has 0 N–H and O–H groups in total. The first kappa shape index (κ1) is 15.7. The van der Waals surface area contributed by atoms with Gasteiger partial charge in [-0.3, -0.25) is 10.1 Å². The third-order valence-electron chi connectivity index (χ3n) is 3.76. The first-order valence-electron chi connectivity index (χ1n) is 7.45. The van der Waals surface area contributed by atoms with Crippen molar-refractivity contribution in [1.29, 1.82) is 0 Å². The number of benzene rings is 2. The number of ether oxygens (including phenoxy) is 1. The smallest absolute Gasteiger partial charge is 0.270 e. The number of rotatable bonds is 4. The van der Waals surface area contributed by atoms with Gasteiger partial charge in [0.1, 0.15) is 11.4 Å². The molecule has 5 nitrogen and oxygen atoms in total. The van der Waals surface area contributed by atoms with Crippen molar-refractivity contribution in [3.63, 3.8) is 0 Å². The third kappa shape index (κ3) is 3.10. The summed E-state index contributed by atoms with van der Waals surface area (Å²) in [6.07, 6.45) is 0. The number of non-ortho nitro benzene ring substituents is 1. The molecule has 0 saturated carbocycles. The number of pyridine rings is 1. The normalized spacial score (nSPS) is 10.4. The number of nitro benzene ring substituents is 1. The van der Waals surface area contributed by atoms with E-state index in [0.717, 1.165) is 11.3 Å². The second kappa shape index (κ2) is 6.50. The van der Waals surface area contributed by atoms with Crippen LogP contribution in [0.25, 0.3) is 22.5 Å². The molecule has 0 aliphatic rings. The largest absolute Gasteiger partial charge is 0.494 e. The number of aromatic nitrogens is 1. The van der Waals surface area contributed by atoms with Crippen LogP contribution < -0.4 is 4.74 Å². The molecule has 2 aromatic carbocycles. The van der Waals surface area contributed by atoms with E-state index in [4.69, 9.17) is 4.74 Å². The maximum absolute atomic E-state index is 11.0. The molecule has 1 heterocycles. The van der Waals surface area contributed by atoms with Gasteiger partial charge in [0.25, 0.3) is 5.69 Å². The first-order chi connectivity index (χ1) is 11.6. The quantitative estimate of drug-likeness (QED) is 0.519. The Kier molecular flexibility index (Phi) is 4.24. The predicted octanol–water partition coefficient (Wildman–Crippen LogP) is 4.64. The van der Waals surface area contributed by atoms with Gasteiger partial charge in [-0.05, 0) is 19.1 Å². The molecule has 0 aliphatic heterocycles. The van der Waals surface area contributed by atoms with E-state index in [1.54, 1.807) is 19.2 Å². The molecule has 0 unspecified atom stereocenters. The lowest BCUT2D eigenvalue weighted by Gasteiger charge is -2.10. The summed E-state index contributed by atoms with van der Waals surface area (Å²) in [6.45, 7) is 2.03. The van der Waals surface area contributed by atoms with Crippen molar-refractivity contribution in [2.75, 3.05) is 7.11 Å². The van der Waals surface area contributed by atoms with E-state index in [-0.39, 0.29) is 5.69 Å². The van der Waals surface area contributed by atoms with Gasteiger partial charge in [0.2, 0.25) is 0 Å². The molecule has 0 saturated heterocycles. The Labute approximate surface area is 139 Å². The number of nitro groups is 1. The molecule has 0 aliphatic carbocycles. The highest BCUT2D eigenvalue weighted by molar-refractivity contribution is 5.72. The van der Waals surface area contributed by atoms with Crippen LogP contribution in [0.3, 0.4) is 0 Å². The Morgan fingerprint density at radius 2 is 1.75 bits per heavy atom. The zero-order chi connectivity index (χ0) is 17.1. The molecule has 24 heavy (non-hydrogen) atoms. The summed E-state index contributed by atoms with van der Waals surface area (Å²) < 4.78 is 5.38. The Hall–Kier alpha value is -3.21. The molecule has 0 fully saturated rings. The fraction of sp³-hybridized carbons (Fsp3) is 0.105. The van der Waals surface area contributed by atoms with Crippen molar-refractivity contribution in [1.82, 2.24) is 4.98 Å². The number of hydrogen-bond acceptors (Lipinski definition) is 4. The van der Waals surface area contributed by atoms with Gasteiger partial charge >= 0.3 is 0 Å². The van der Waals surface area contributed by atoms with Gasteiger partial charge < -0.3 is 4.74 Å². The van der Waals surface area contributed by atoms with Crippen LogP contribution in [0.5, 0.6) is 5.75 Å². The Morgan fingerprint density at radius 1 is 1.00 bits per heavy atom. The summed E-state index contributed by atoms with van der Waals surface area (Å²) in [5.41, 5.74) is 4.20. The first-order valence-corrected chi connectivity index (χ1v) is 7.45. The summed E-state index contributed by atoms with van der Waals surface area (Å²) in [5.74, 6) is 0.575. The van der Waals surface area contributed by atoms with Crippen molar-refractivity contribution in [3.05, 3.63) is 76.3 Å². The van der Waals surface area contributed by atoms with Crippen LogP contribution >= 0.6 is 0 Å². The molecule has 5 heteroatoms. The van der Waals surface area contributed by atoms with Gasteiger partial charge in [0.15, 0.2) is 0 Å². The molecule has 0 atom stereocenters. The molecule has 0 spiro atoms. The van der Waals surface area contributed by atoms with Crippen LogP contribution in [0.1, 0.15) is 5.56 Å². The monoisotopic (exact) mass is 320 g/mol. The van der Waals surface area contributed by atoms with Gasteiger partial charge in [0.05, 0.1) is 17.7 Å². The average molecular weight is 320 g/mol. The van der Waals surface area contributed by atoms with Gasteiger partial charge in [-0.1, -0.05) is 42.0 Å². The van der Waals surface area contributed by atoms with Crippen LogP contribution in [-0.4, -0.2) is 17.0 Å². The fourth-order valence-electron chi connectivity index (χ4n) is 2.47. The lowest BCUT2D eigenvalue weighted by Crippen LogP contribution is -1.95. The molecule has 0 bridgehead atoms. The minimum atomic E-state index is -0.417. The molecular weight excluding hydrogens is 304 g/mol. The molecule has 3 aromatic rings. The summed E-state index contributed by atoms with van der Waals surface area (Å²) >= 11 is 0. The zero-order valence-corrected chi connectivity index (χ0v) is 13.4. The van der Waals surface area contributed by atoms with Crippen molar-refractivity contribution in [3.8, 4) is 28.3 Å². The van der Waals surface area contributed by atoms with Gasteiger partial charge in [0, 0.05) is 23.3 Å². The number of methoxy groups -OCH3 is 1. The molecule has 1 aromatic heterocycles. The lowest BCUT2D eigenvalue weighted by molar-refractivity contribution is -0.384. The minimum Gasteiger partial charge on any atom is -0.494 e. The van der Waals surface area contributed by atoms with Crippen LogP contribution in [0, 0.1) is 17.0 Å². The molecule has 3 rings (SSSR count). The van der Waals surface area contributed by atoms with E-state index in [1.165, 1.54) is 17.7 Å². The number of aryl methyl sites for hydroxylation is 1. The van der Waals surface area contributed by atoms with Crippen LogP contribution in [-0.2, 0) is 0 Å². The van der Waals surface area contributed by atoms with Crippen LogP contribution in [0.4, 0.5) is 5.69 Å². The second-order valence-electron chi connectivity index (χ2n) is 5.42. The number of nitrogens with zero attached hydrogens (tertiary/aromatic N) is 2. The zero-order valence-electron chi connectivity index (χ0n) is 13.4. The number of hydrogen-bond donors (Lipinski definition) is 0. The predicted molar refractivity (Wildman–Crippen MR) is 93.1 cm³/mol. The maximum Gasteiger partial charge on any atom is 0.270 e. The topological polar surface area (TPSA) is 65.3 Å². The Balaban J connectivity index is 2.12. The summed E-state index contributed by atoms with van der Waals surface area (Å²) in [6, 6.07) is 18.2. The maximum atomic E-state index is 11.0. The highest BCUT2D eigenvalue weighted by Crippen LogP contribution is 2.32. The highest BCUT2D eigenvalue weighted by atomic mass is 16.6. The summed E-state index contributed by atoms with van der Waals surface area (Å²) in [4.78, 5) is 15.3. The molecule has 120 valence electrons. The minimum absolute atomic E-state index is 0.0251. The van der Waals surface area contributed by atoms with Gasteiger partial charge in [-0.15, -0.1) is 0 Å². The van der Waals surface area contributed by atoms with E-state index in [2.05, 4.69) is 4.98 Å². The van der Waals surface area contributed by atoms with E-state index in [0.29, 0.717) is 17.0 Å². The van der Waals surface area contributed by atoms with Crippen molar-refractivity contribution in [2.24, 2.45) is 0 Å². The molecule has 0 amide bonds. The van der Waals surface area contributed by atoms with E-state index in [9.17, 15) is 10.1 Å². The summed E-state index contributed by atoms with van der Waals surface area (Å²) in [7, 11) is 1.56. The second-order valence-corrected chi connectivity index (χ2v) is 5.42. The Bertz CT molecular complexity index is 889. The van der Waals surface area contributed by atoms with Crippen LogP contribution in [0.2, 0.25) is 0 Å². The highest BCUT2D eigenvalue weighted by Gasteiger charge is 2.13.